The Bertz CT molecular complexity index is 1380. The molecule has 224 valence electrons. The Labute approximate surface area is 240 Å². The SMILES string of the molecule is COC1=CC(=C2c3cc4c(cc3[C@@H](O[C@@H]3O[C@@H]5CO[C@@H](C)O[C@H]5[C@H](O)[C@H]3O)[C@H]3COC(=O)[C@H]23)OCO4)C=C(OC)C1=O. The highest BCUT2D eigenvalue weighted by atomic mass is 16.8. The van der Waals surface area contributed by atoms with Gasteiger partial charge in [-0.15, -0.1) is 0 Å². The van der Waals surface area contributed by atoms with E-state index in [1.54, 1.807) is 31.2 Å². The molecular weight excluding hydrogens is 556 g/mol. The molecule has 0 aromatic heterocycles. The molecule has 0 spiro atoms. The maximum absolute atomic E-state index is 13.4. The van der Waals surface area contributed by atoms with Crippen LogP contribution in [0.3, 0.4) is 0 Å². The Morgan fingerprint density at radius 1 is 0.905 bits per heavy atom. The second kappa shape index (κ2) is 10.4. The Morgan fingerprint density at radius 2 is 1.62 bits per heavy atom. The van der Waals surface area contributed by atoms with Gasteiger partial charge in [0.25, 0.3) is 5.78 Å². The average molecular weight is 587 g/mol. The lowest BCUT2D eigenvalue weighted by Gasteiger charge is -2.47. The molecule has 4 aliphatic heterocycles. The number of rotatable bonds is 4. The molecule has 1 aromatic carbocycles. The zero-order valence-electron chi connectivity index (χ0n) is 23.0. The summed E-state index contributed by atoms with van der Waals surface area (Å²) in [5, 5.41) is 21.9. The third-order valence-corrected chi connectivity index (χ3v) is 8.48. The molecule has 9 atom stereocenters. The van der Waals surface area contributed by atoms with Gasteiger partial charge < -0.3 is 52.8 Å². The van der Waals surface area contributed by atoms with Crippen molar-refractivity contribution < 1.29 is 62.4 Å². The van der Waals surface area contributed by atoms with E-state index in [0.717, 1.165) is 0 Å². The van der Waals surface area contributed by atoms with E-state index in [1.807, 2.05) is 0 Å². The summed E-state index contributed by atoms with van der Waals surface area (Å²) < 4.78 is 51.2. The first-order valence-corrected chi connectivity index (χ1v) is 13.6. The summed E-state index contributed by atoms with van der Waals surface area (Å²) >= 11 is 0. The monoisotopic (exact) mass is 586 g/mol. The van der Waals surface area contributed by atoms with E-state index < -0.39 is 66.7 Å². The number of Topliss-reactive ketones (excluding diaryl/α,β-unsaturated/α-hetero) is 1. The molecule has 13 nitrogen and oxygen atoms in total. The number of fused-ring (bicyclic) bond motifs is 4. The van der Waals surface area contributed by atoms with Crippen LogP contribution in [-0.2, 0) is 42.7 Å². The summed E-state index contributed by atoms with van der Waals surface area (Å²) in [7, 11) is 2.76. The lowest BCUT2D eigenvalue weighted by atomic mass is 9.70. The number of ketones is 1. The standard InChI is InChI=1S/C29H30O13/c1-11-36-9-20-27(40-11)24(31)25(32)29(41-20)42-26-14-7-17-16(38-10-39-17)6-13(14)21(22-15(26)8-37-28(22)33)12-4-18(34-2)23(30)19(5-12)35-3/h4-7,11,15,20,22,24-27,29,31-32H,8-10H2,1-3H3/t11-,15+,20-,22+,24-,25-,26-,27-,29+/m1/s1. The predicted octanol–water partition coefficient (Wildman–Crippen LogP) is 0.881. The van der Waals surface area contributed by atoms with Crippen molar-refractivity contribution in [2.24, 2.45) is 11.8 Å². The van der Waals surface area contributed by atoms with Crippen LogP contribution >= 0.6 is 0 Å². The summed E-state index contributed by atoms with van der Waals surface area (Å²) in [5.41, 5.74) is 2.30. The Morgan fingerprint density at radius 3 is 2.33 bits per heavy atom. The number of ether oxygens (including phenoxy) is 9. The van der Waals surface area contributed by atoms with Crippen molar-refractivity contribution in [2.45, 2.75) is 50.0 Å². The van der Waals surface area contributed by atoms with Crippen LogP contribution in [0.5, 0.6) is 11.5 Å². The fourth-order valence-corrected chi connectivity index (χ4v) is 6.46. The van der Waals surface area contributed by atoms with Crippen molar-refractivity contribution in [3.05, 3.63) is 52.5 Å². The van der Waals surface area contributed by atoms with Gasteiger partial charge in [-0.1, -0.05) is 0 Å². The summed E-state index contributed by atoms with van der Waals surface area (Å²) in [6, 6.07) is 3.52. The summed E-state index contributed by atoms with van der Waals surface area (Å²) in [5.74, 6) is -1.25. The molecular formula is C29H30O13. The van der Waals surface area contributed by atoms with Crippen LogP contribution in [0, 0.1) is 11.8 Å². The number of methoxy groups -OCH3 is 2. The van der Waals surface area contributed by atoms with Gasteiger partial charge in [0, 0.05) is 5.92 Å². The molecule has 4 heterocycles. The van der Waals surface area contributed by atoms with E-state index in [9.17, 15) is 19.8 Å². The number of cyclic esters (lactones) is 1. The minimum absolute atomic E-state index is 0.0125. The molecule has 2 aliphatic carbocycles. The molecule has 0 bridgehead atoms. The van der Waals surface area contributed by atoms with Crippen LogP contribution < -0.4 is 9.47 Å². The lowest BCUT2D eigenvalue weighted by molar-refractivity contribution is -0.364. The quantitative estimate of drug-likeness (QED) is 0.480. The van der Waals surface area contributed by atoms with Crippen LogP contribution in [0.1, 0.15) is 24.2 Å². The maximum atomic E-state index is 13.4. The van der Waals surface area contributed by atoms with Gasteiger partial charge in [0.2, 0.25) is 6.79 Å². The van der Waals surface area contributed by atoms with Gasteiger partial charge >= 0.3 is 5.97 Å². The van der Waals surface area contributed by atoms with Crippen molar-refractivity contribution in [1.29, 1.82) is 0 Å². The topological polar surface area (TPSA) is 158 Å². The Kier molecular flexibility index (Phi) is 6.76. The van der Waals surface area contributed by atoms with E-state index >= 15 is 0 Å². The Hall–Kier alpha value is -3.46. The number of carbonyl (C=O) groups is 2. The highest BCUT2D eigenvalue weighted by Gasteiger charge is 2.54. The highest BCUT2D eigenvalue weighted by Crippen LogP contribution is 2.55. The van der Waals surface area contributed by atoms with Crippen LogP contribution in [0.15, 0.2) is 41.4 Å². The van der Waals surface area contributed by atoms with E-state index in [4.69, 9.17) is 42.6 Å². The summed E-state index contributed by atoms with van der Waals surface area (Å²) in [6.45, 7) is 1.86. The van der Waals surface area contributed by atoms with E-state index in [1.165, 1.54) is 14.2 Å². The average Bonchev–Trinajstić information content (AvgIpc) is 3.61. The van der Waals surface area contributed by atoms with Crippen LogP contribution in [0.2, 0.25) is 0 Å². The third-order valence-electron chi connectivity index (χ3n) is 8.48. The normalized spacial score (nSPS) is 36.8. The number of benzene rings is 1. The van der Waals surface area contributed by atoms with Gasteiger partial charge in [-0.05, 0) is 53.5 Å². The summed E-state index contributed by atoms with van der Waals surface area (Å²) in [6.07, 6.45) is -3.77. The molecule has 0 radical (unpaired) electrons. The van der Waals surface area contributed by atoms with Gasteiger partial charge in [-0.3, -0.25) is 9.59 Å². The number of aliphatic hydroxyl groups is 2. The molecule has 0 saturated carbocycles. The molecule has 6 aliphatic rings. The first kappa shape index (κ1) is 27.4. The minimum Gasteiger partial charge on any atom is -0.492 e. The number of carbonyl (C=O) groups excluding carboxylic acids is 2. The number of hydrogen-bond donors (Lipinski definition) is 2. The van der Waals surface area contributed by atoms with Crippen LogP contribution in [0.4, 0.5) is 0 Å². The van der Waals surface area contributed by atoms with Crippen molar-refractivity contribution in [2.75, 3.05) is 34.2 Å². The minimum atomic E-state index is -1.45. The van der Waals surface area contributed by atoms with E-state index in [2.05, 4.69) is 0 Å². The fourth-order valence-electron chi connectivity index (χ4n) is 6.46. The first-order valence-electron chi connectivity index (χ1n) is 13.6. The van der Waals surface area contributed by atoms with Crippen LogP contribution in [-0.4, -0.2) is 93.2 Å². The fraction of sp³-hybridized carbons (Fsp3) is 0.517. The van der Waals surface area contributed by atoms with Crippen molar-refractivity contribution in [3.63, 3.8) is 0 Å². The Balaban J connectivity index is 1.34. The third kappa shape index (κ3) is 4.22. The molecule has 0 unspecified atom stereocenters. The second-order valence-corrected chi connectivity index (χ2v) is 10.8. The molecule has 0 amide bonds. The number of esters is 1. The molecule has 13 heteroatoms. The summed E-state index contributed by atoms with van der Waals surface area (Å²) in [4.78, 5) is 26.1. The lowest BCUT2D eigenvalue weighted by Crippen LogP contribution is -2.63. The number of allylic oxidation sites excluding steroid dienone is 3. The van der Waals surface area contributed by atoms with Gasteiger partial charge in [0.15, 0.2) is 35.6 Å². The molecule has 42 heavy (non-hydrogen) atoms. The molecule has 3 fully saturated rings. The maximum Gasteiger partial charge on any atom is 0.314 e. The zero-order valence-corrected chi connectivity index (χ0v) is 23.0. The van der Waals surface area contributed by atoms with Gasteiger partial charge in [-0.25, -0.2) is 0 Å². The molecule has 1 aromatic rings. The van der Waals surface area contributed by atoms with Gasteiger partial charge in [0.1, 0.15) is 24.4 Å². The smallest absolute Gasteiger partial charge is 0.314 e. The van der Waals surface area contributed by atoms with Crippen molar-refractivity contribution >= 4 is 17.3 Å². The largest absolute Gasteiger partial charge is 0.492 e. The van der Waals surface area contributed by atoms with Crippen LogP contribution in [0.25, 0.3) is 5.57 Å². The van der Waals surface area contributed by atoms with E-state index in [0.29, 0.717) is 33.8 Å². The van der Waals surface area contributed by atoms with Crippen molar-refractivity contribution in [1.82, 2.24) is 0 Å². The van der Waals surface area contributed by atoms with Crippen molar-refractivity contribution in [3.8, 4) is 11.5 Å². The zero-order chi connectivity index (χ0) is 29.3. The number of hydrogen-bond acceptors (Lipinski definition) is 13. The number of aliphatic hydroxyl groups excluding tert-OH is 2. The molecule has 7 rings (SSSR count). The highest BCUT2D eigenvalue weighted by molar-refractivity contribution is 6.09. The predicted molar refractivity (Wildman–Crippen MR) is 137 cm³/mol. The first-order chi connectivity index (χ1) is 20.3. The van der Waals surface area contributed by atoms with E-state index in [-0.39, 0.29) is 31.5 Å². The molecule has 3 saturated heterocycles. The molecule has 2 N–H and O–H groups in total. The van der Waals surface area contributed by atoms with Gasteiger partial charge in [-0.2, -0.15) is 0 Å². The van der Waals surface area contributed by atoms with Gasteiger partial charge in [0.05, 0.1) is 39.5 Å². The second-order valence-electron chi connectivity index (χ2n) is 10.8.